The summed E-state index contributed by atoms with van der Waals surface area (Å²) >= 11 is 1.27. The number of thiophene rings is 1. The van der Waals surface area contributed by atoms with E-state index in [2.05, 4.69) is 10.3 Å². The molecule has 0 aliphatic heterocycles. The van der Waals surface area contributed by atoms with Crippen LogP contribution >= 0.6 is 11.3 Å². The average molecular weight is 327 g/mol. The molecule has 6 heteroatoms. The largest absolute Gasteiger partial charge is 0.347 e. The van der Waals surface area contributed by atoms with Crippen molar-refractivity contribution < 1.29 is 4.79 Å². The van der Waals surface area contributed by atoms with Gasteiger partial charge >= 0.3 is 0 Å². The van der Waals surface area contributed by atoms with Crippen LogP contribution in [0, 0.1) is 13.8 Å². The normalized spacial score (nSPS) is 10.9. The van der Waals surface area contributed by atoms with Crippen LogP contribution in [0.3, 0.4) is 0 Å². The van der Waals surface area contributed by atoms with Crippen LogP contribution in [-0.4, -0.2) is 15.5 Å². The minimum Gasteiger partial charge on any atom is -0.347 e. The number of aryl methyl sites for hydroxylation is 2. The van der Waals surface area contributed by atoms with Crippen LogP contribution in [0.2, 0.25) is 0 Å². The topological polar surface area (TPSA) is 64.0 Å². The Hall–Kier alpha value is -2.47. The second-order valence-electron chi connectivity index (χ2n) is 5.43. The van der Waals surface area contributed by atoms with E-state index in [9.17, 15) is 9.59 Å². The maximum atomic E-state index is 12.5. The summed E-state index contributed by atoms with van der Waals surface area (Å²) in [4.78, 5) is 30.4. The molecule has 118 valence electrons. The Morgan fingerprint density at radius 1 is 1.26 bits per heavy atom. The van der Waals surface area contributed by atoms with Crippen molar-refractivity contribution in [1.82, 2.24) is 14.9 Å². The third-order valence-corrected chi connectivity index (χ3v) is 5.08. The first-order chi connectivity index (χ1) is 11.0. The molecule has 2 heterocycles. The molecule has 5 nitrogen and oxygen atoms in total. The smallest absolute Gasteiger partial charge is 0.262 e. The minimum absolute atomic E-state index is 0.108. The van der Waals surface area contributed by atoms with Gasteiger partial charge in [-0.25, -0.2) is 4.98 Å². The van der Waals surface area contributed by atoms with Crippen molar-refractivity contribution in [3.8, 4) is 0 Å². The van der Waals surface area contributed by atoms with Crippen molar-refractivity contribution in [2.24, 2.45) is 7.05 Å². The van der Waals surface area contributed by atoms with Crippen LogP contribution in [-0.2, 0) is 13.6 Å². The summed E-state index contributed by atoms with van der Waals surface area (Å²) < 4.78 is 1.51. The standard InChI is InChI=1S/C17H17N3O2S/c1-10-13-16(19-11(2)20(3)17(13)22)23-14(10)15(21)18-9-12-7-5-4-6-8-12/h4-8H,9H2,1-3H3,(H,18,21). The van der Waals surface area contributed by atoms with E-state index in [1.54, 1.807) is 20.9 Å². The van der Waals surface area contributed by atoms with Gasteiger partial charge < -0.3 is 5.32 Å². The summed E-state index contributed by atoms with van der Waals surface area (Å²) in [5.74, 6) is 0.467. The molecule has 0 fully saturated rings. The molecule has 0 bridgehead atoms. The maximum absolute atomic E-state index is 12.5. The fraction of sp³-hybridized carbons (Fsp3) is 0.235. The SMILES string of the molecule is Cc1c(C(=O)NCc2ccccc2)sc2nc(C)n(C)c(=O)c12. The van der Waals surface area contributed by atoms with Crippen LogP contribution in [0.25, 0.3) is 10.2 Å². The van der Waals surface area contributed by atoms with Gasteiger partial charge in [-0.3, -0.25) is 14.2 Å². The number of carbonyl (C=O) groups excluding carboxylic acids is 1. The first-order valence-electron chi connectivity index (χ1n) is 7.28. The van der Waals surface area contributed by atoms with Gasteiger partial charge in [0.05, 0.1) is 10.3 Å². The summed E-state index contributed by atoms with van der Waals surface area (Å²) in [5.41, 5.74) is 1.62. The second kappa shape index (κ2) is 5.96. The van der Waals surface area contributed by atoms with Gasteiger partial charge in [0, 0.05) is 13.6 Å². The van der Waals surface area contributed by atoms with Crippen molar-refractivity contribution in [3.63, 3.8) is 0 Å². The van der Waals surface area contributed by atoms with Crippen LogP contribution < -0.4 is 10.9 Å². The zero-order valence-corrected chi connectivity index (χ0v) is 14.0. The van der Waals surface area contributed by atoms with Crippen LogP contribution in [0.4, 0.5) is 0 Å². The van der Waals surface area contributed by atoms with E-state index in [4.69, 9.17) is 0 Å². The lowest BCUT2D eigenvalue weighted by Gasteiger charge is -2.04. The van der Waals surface area contributed by atoms with Gasteiger partial charge in [-0.1, -0.05) is 30.3 Å². The molecule has 0 saturated carbocycles. The summed E-state index contributed by atoms with van der Waals surface area (Å²) in [6.07, 6.45) is 0. The Morgan fingerprint density at radius 2 is 1.96 bits per heavy atom. The van der Waals surface area contributed by atoms with Crippen molar-refractivity contribution >= 4 is 27.5 Å². The Balaban J connectivity index is 1.94. The molecular weight excluding hydrogens is 310 g/mol. The Kier molecular flexibility index (Phi) is 4.00. The number of carbonyl (C=O) groups is 1. The van der Waals surface area contributed by atoms with Gasteiger partial charge in [0.15, 0.2) is 0 Å². The third kappa shape index (κ3) is 2.77. The van der Waals surface area contributed by atoms with Crippen molar-refractivity contribution in [2.75, 3.05) is 0 Å². The van der Waals surface area contributed by atoms with E-state index < -0.39 is 0 Å². The Morgan fingerprint density at radius 3 is 2.65 bits per heavy atom. The van der Waals surface area contributed by atoms with Gasteiger partial charge in [0.2, 0.25) is 0 Å². The number of benzene rings is 1. The van der Waals surface area contributed by atoms with E-state index in [0.29, 0.717) is 33.0 Å². The van der Waals surface area contributed by atoms with Crippen LogP contribution in [0.15, 0.2) is 35.1 Å². The first-order valence-corrected chi connectivity index (χ1v) is 8.09. The highest BCUT2D eigenvalue weighted by molar-refractivity contribution is 7.20. The number of nitrogens with zero attached hydrogens (tertiary/aromatic N) is 2. The summed E-state index contributed by atoms with van der Waals surface area (Å²) in [6.45, 7) is 4.04. The summed E-state index contributed by atoms with van der Waals surface area (Å²) in [5, 5.41) is 3.44. The highest BCUT2D eigenvalue weighted by atomic mass is 32.1. The number of fused-ring (bicyclic) bond motifs is 1. The molecule has 23 heavy (non-hydrogen) atoms. The van der Waals surface area contributed by atoms with Gasteiger partial charge in [0.25, 0.3) is 11.5 Å². The Labute approximate surface area is 137 Å². The molecule has 0 saturated heterocycles. The quantitative estimate of drug-likeness (QED) is 0.804. The van der Waals surface area contributed by atoms with Gasteiger partial charge in [0.1, 0.15) is 10.7 Å². The molecule has 0 spiro atoms. The number of amides is 1. The first kappa shape index (κ1) is 15.4. The zero-order chi connectivity index (χ0) is 16.6. The lowest BCUT2D eigenvalue weighted by Crippen LogP contribution is -2.23. The highest BCUT2D eigenvalue weighted by Gasteiger charge is 2.19. The predicted octanol–water partition coefficient (Wildman–Crippen LogP) is 2.54. The van der Waals surface area contributed by atoms with E-state index in [1.165, 1.54) is 15.9 Å². The zero-order valence-electron chi connectivity index (χ0n) is 13.2. The molecule has 0 radical (unpaired) electrons. The average Bonchev–Trinajstić information content (AvgIpc) is 2.88. The molecule has 1 aromatic carbocycles. The highest BCUT2D eigenvalue weighted by Crippen LogP contribution is 2.27. The second-order valence-corrected chi connectivity index (χ2v) is 6.43. The number of rotatable bonds is 3. The van der Waals surface area contributed by atoms with Gasteiger partial charge in [-0.2, -0.15) is 0 Å². The minimum atomic E-state index is -0.172. The van der Waals surface area contributed by atoms with E-state index in [-0.39, 0.29) is 11.5 Å². The fourth-order valence-corrected chi connectivity index (χ4v) is 3.57. The van der Waals surface area contributed by atoms with Crippen molar-refractivity contribution in [3.05, 3.63) is 62.5 Å². The van der Waals surface area contributed by atoms with Gasteiger partial charge in [-0.05, 0) is 25.0 Å². The van der Waals surface area contributed by atoms with Crippen molar-refractivity contribution in [2.45, 2.75) is 20.4 Å². The van der Waals surface area contributed by atoms with Crippen LogP contribution in [0.5, 0.6) is 0 Å². The number of nitrogens with one attached hydrogen (secondary N) is 1. The number of hydrogen-bond acceptors (Lipinski definition) is 4. The summed E-state index contributed by atoms with van der Waals surface area (Å²) in [7, 11) is 1.69. The molecule has 0 aliphatic rings. The molecule has 0 atom stereocenters. The molecule has 2 aromatic heterocycles. The maximum Gasteiger partial charge on any atom is 0.262 e. The molecule has 3 aromatic rings. The monoisotopic (exact) mass is 327 g/mol. The summed E-state index contributed by atoms with van der Waals surface area (Å²) in [6, 6.07) is 9.72. The van der Waals surface area contributed by atoms with E-state index >= 15 is 0 Å². The van der Waals surface area contributed by atoms with Crippen LogP contribution in [0.1, 0.15) is 26.6 Å². The molecular formula is C17H17N3O2S. The Bertz CT molecular complexity index is 942. The molecule has 0 unspecified atom stereocenters. The third-order valence-electron chi connectivity index (χ3n) is 3.90. The van der Waals surface area contributed by atoms with E-state index in [0.717, 1.165) is 5.56 Å². The number of aromatic nitrogens is 2. The molecule has 3 rings (SSSR count). The fourth-order valence-electron chi connectivity index (χ4n) is 2.44. The molecule has 1 amide bonds. The number of hydrogen-bond donors (Lipinski definition) is 1. The molecule has 0 aliphatic carbocycles. The lowest BCUT2D eigenvalue weighted by atomic mass is 10.2. The van der Waals surface area contributed by atoms with Crippen molar-refractivity contribution in [1.29, 1.82) is 0 Å². The molecule has 1 N–H and O–H groups in total. The van der Waals surface area contributed by atoms with E-state index in [1.807, 2.05) is 30.3 Å². The van der Waals surface area contributed by atoms with Gasteiger partial charge in [-0.15, -0.1) is 11.3 Å². The predicted molar refractivity (Wildman–Crippen MR) is 91.9 cm³/mol. The lowest BCUT2D eigenvalue weighted by molar-refractivity contribution is 0.0954.